The first kappa shape index (κ1) is 16.4. The molecule has 1 atom stereocenters. The van der Waals surface area contributed by atoms with E-state index in [0.717, 1.165) is 16.5 Å². The van der Waals surface area contributed by atoms with Crippen LogP contribution in [-0.4, -0.2) is 38.6 Å². The van der Waals surface area contributed by atoms with Gasteiger partial charge in [0.15, 0.2) is 0 Å². The summed E-state index contributed by atoms with van der Waals surface area (Å²) < 4.78 is 16.9. The van der Waals surface area contributed by atoms with Crippen LogP contribution in [0.4, 0.5) is 0 Å². The van der Waals surface area contributed by atoms with E-state index in [4.69, 9.17) is 14.2 Å². The molecule has 0 spiro atoms. The predicted octanol–water partition coefficient (Wildman–Crippen LogP) is 2.93. The van der Waals surface area contributed by atoms with E-state index >= 15 is 0 Å². The Labute approximate surface area is 122 Å². The summed E-state index contributed by atoms with van der Waals surface area (Å²) in [7, 11) is 1.67. The molecule has 1 aromatic rings. The number of aliphatic hydroxyl groups is 1. The summed E-state index contributed by atoms with van der Waals surface area (Å²) >= 11 is 3.38. The van der Waals surface area contributed by atoms with E-state index in [1.54, 1.807) is 14.0 Å². The van der Waals surface area contributed by atoms with Crippen LogP contribution in [0.15, 0.2) is 22.7 Å². The van der Waals surface area contributed by atoms with Crippen molar-refractivity contribution in [1.29, 1.82) is 0 Å². The van der Waals surface area contributed by atoms with Gasteiger partial charge in [-0.25, -0.2) is 0 Å². The molecule has 0 aliphatic carbocycles. The van der Waals surface area contributed by atoms with Crippen molar-refractivity contribution in [3.8, 4) is 5.75 Å². The van der Waals surface area contributed by atoms with E-state index in [9.17, 15) is 5.11 Å². The number of methoxy groups -OCH3 is 1. The van der Waals surface area contributed by atoms with Gasteiger partial charge in [0.05, 0.1) is 12.7 Å². The van der Waals surface area contributed by atoms with Gasteiger partial charge in [-0.2, -0.15) is 0 Å². The number of hydrogen-bond donors (Lipinski definition) is 1. The van der Waals surface area contributed by atoms with E-state index in [-0.39, 0.29) is 0 Å². The molecule has 0 aliphatic heterocycles. The standard InChI is InChI=1S/C14H21BrO4/c1-11(16)13-10-12(15)4-5-14(13)19-9-8-18-7-3-6-17-2/h4-5,10-11,16H,3,6-9H2,1-2H3/t11-/m0/s1. The highest BCUT2D eigenvalue weighted by Crippen LogP contribution is 2.28. The van der Waals surface area contributed by atoms with Crippen LogP contribution in [0, 0.1) is 0 Å². The van der Waals surface area contributed by atoms with Gasteiger partial charge in [-0.3, -0.25) is 0 Å². The molecule has 0 fully saturated rings. The molecule has 0 unspecified atom stereocenters. The molecular weight excluding hydrogens is 312 g/mol. The Morgan fingerprint density at radius 1 is 1.21 bits per heavy atom. The van der Waals surface area contributed by atoms with Crippen molar-refractivity contribution < 1.29 is 19.3 Å². The third-order valence-electron chi connectivity index (χ3n) is 2.54. The zero-order chi connectivity index (χ0) is 14.1. The van der Waals surface area contributed by atoms with E-state index in [0.29, 0.717) is 32.2 Å². The Kier molecular flexibility index (Phi) is 8.05. The lowest BCUT2D eigenvalue weighted by Crippen LogP contribution is -2.10. The van der Waals surface area contributed by atoms with Crippen LogP contribution in [0.3, 0.4) is 0 Å². The van der Waals surface area contributed by atoms with Crippen molar-refractivity contribution in [2.75, 3.05) is 33.5 Å². The fraction of sp³-hybridized carbons (Fsp3) is 0.571. The molecular formula is C14H21BrO4. The molecule has 0 saturated carbocycles. The van der Waals surface area contributed by atoms with Gasteiger partial charge in [0, 0.05) is 30.4 Å². The van der Waals surface area contributed by atoms with Gasteiger partial charge >= 0.3 is 0 Å². The number of benzene rings is 1. The molecule has 0 heterocycles. The van der Waals surface area contributed by atoms with Gasteiger partial charge in [0.25, 0.3) is 0 Å². The number of aliphatic hydroxyl groups excluding tert-OH is 1. The van der Waals surface area contributed by atoms with Crippen LogP contribution in [0.2, 0.25) is 0 Å². The lowest BCUT2D eigenvalue weighted by atomic mass is 10.1. The van der Waals surface area contributed by atoms with Crippen LogP contribution in [-0.2, 0) is 9.47 Å². The smallest absolute Gasteiger partial charge is 0.125 e. The van der Waals surface area contributed by atoms with E-state index in [2.05, 4.69) is 15.9 Å². The lowest BCUT2D eigenvalue weighted by Gasteiger charge is -2.14. The third kappa shape index (κ3) is 6.38. The zero-order valence-electron chi connectivity index (χ0n) is 11.4. The highest BCUT2D eigenvalue weighted by atomic mass is 79.9. The molecule has 0 aromatic heterocycles. The highest BCUT2D eigenvalue weighted by molar-refractivity contribution is 9.10. The Hall–Kier alpha value is -0.620. The molecule has 4 nitrogen and oxygen atoms in total. The average molecular weight is 333 g/mol. The number of halogens is 1. The SMILES string of the molecule is COCCCOCCOc1ccc(Br)cc1[C@H](C)O. The van der Waals surface area contributed by atoms with Crippen molar-refractivity contribution >= 4 is 15.9 Å². The maximum atomic E-state index is 9.68. The quantitative estimate of drug-likeness (QED) is 0.706. The fourth-order valence-electron chi connectivity index (χ4n) is 1.60. The zero-order valence-corrected chi connectivity index (χ0v) is 13.0. The van der Waals surface area contributed by atoms with Crippen molar-refractivity contribution in [3.63, 3.8) is 0 Å². The van der Waals surface area contributed by atoms with Crippen molar-refractivity contribution in [1.82, 2.24) is 0 Å². The molecule has 5 heteroatoms. The largest absolute Gasteiger partial charge is 0.491 e. The topological polar surface area (TPSA) is 47.9 Å². The highest BCUT2D eigenvalue weighted by Gasteiger charge is 2.09. The molecule has 0 radical (unpaired) electrons. The van der Waals surface area contributed by atoms with Crippen molar-refractivity contribution in [3.05, 3.63) is 28.2 Å². The summed E-state index contributed by atoms with van der Waals surface area (Å²) in [4.78, 5) is 0. The number of hydrogen-bond acceptors (Lipinski definition) is 4. The van der Waals surface area contributed by atoms with Gasteiger partial charge in [0.2, 0.25) is 0 Å². The first-order chi connectivity index (χ1) is 9.15. The molecule has 1 rings (SSSR count). The summed E-state index contributed by atoms with van der Waals surface area (Å²) in [5, 5.41) is 9.68. The maximum Gasteiger partial charge on any atom is 0.125 e. The normalized spacial score (nSPS) is 12.4. The molecule has 1 N–H and O–H groups in total. The molecule has 108 valence electrons. The van der Waals surface area contributed by atoms with Gasteiger partial charge in [0.1, 0.15) is 12.4 Å². The summed E-state index contributed by atoms with van der Waals surface area (Å²) in [6.45, 7) is 4.09. The fourth-order valence-corrected chi connectivity index (χ4v) is 1.97. The van der Waals surface area contributed by atoms with Gasteiger partial charge in [-0.1, -0.05) is 15.9 Å². The van der Waals surface area contributed by atoms with Crippen molar-refractivity contribution in [2.24, 2.45) is 0 Å². The maximum absolute atomic E-state index is 9.68. The minimum Gasteiger partial charge on any atom is -0.491 e. The molecule has 0 bridgehead atoms. The summed E-state index contributed by atoms with van der Waals surface area (Å²) in [6.07, 6.45) is 0.323. The van der Waals surface area contributed by atoms with Crippen LogP contribution < -0.4 is 4.74 Å². The first-order valence-corrected chi connectivity index (χ1v) is 7.11. The van der Waals surface area contributed by atoms with Crippen LogP contribution >= 0.6 is 15.9 Å². The second-order valence-corrected chi connectivity index (χ2v) is 5.08. The molecule has 0 aliphatic rings. The third-order valence-corrected chi connectivity index (χ3v) is 3.04. The number of ether oxygens (including phenoxy) is 3. The molecule has 1 aromatic carbocycles. The van der Waals surface area contributed by atoms with Crippen LogP contribution in [0.5, 0.6) is 5.75 Å². The Bertz CT molecular complexity index is 368. The molecule has 19 heavy (non-hydrogen) atoms. The lowest BCUT2D eigenvalue weighted by molar-refractivity contribution is 0.0795. The first-order valence-electron chi connectivity index (χ1n) is 6.32. The molecule has 0 saturated heterocycles. The Balaban J connectivity index is 2.33. The van der Waals surface area contributed by atoms with Gasteiger partial charge in [-0.05, 0) is 31.5 Å². The van der Waals surface area contributed by atoms with E-state index in [1.165, 1.54) is 0 Å². The van der Waals surface area contributed by atoms with Gasteiger partial charge < -0.3 is 19.3 Å². The summed E-state index contributed by atoms with van der Waals surface area (Å²) in [5.41, 5.74) is 0.772. The summed E-state index contributed by atoms with van der Waals surface area (Å²) in [5.74, 6) is 0.693. The molecule has 0 amide bonds. The van der Waals surface area contributed by atoms with E-state index < -0.39 is 6.10 Å². The second kappa shape index (κ2) is 9.31. The minimum absolute atomic E-state index is 0.467. The van der Waals surface area contributed by atoms with Gasteiger partial charge in [-0.15, -0.1) is 0 Å². The Morgan fingerprint density at radius 2 is 2.00 bits per heavy atom. The predicted molar refractivity (Wildman–Crippen MR) is 77.6 cm³/mol. The minimum atomic E-state index is -0.560. The van der Waals surface area contributed by atoms with Crippen LogP contribution in [0.1, 0.15) is 25.0 Å². The summed E-state index contributed by atoms with van der Waals surface area (Å²) in [6, 6.07) is 5.59. The monoisotopic (exact) mass is 332 g/mol. The second-order valence-electron chi connectivity index (χ2n) is 4.17. The van der Waals surface area contributed by atoms with E-state index in [1.807, 2.05) is 18.2 Å². The Morgan fingerprint density at radius 3 is 2.68 bits per heavy atom. The number of rotatable bonds is 9. The van der Waals surface area contributed by atoms with Crippen molar-refractivity contribution in [2.45, 2.75) is 19.4 Å². The van der Waals surface area contributed by atoms with Crippen LogP contribution in [0.25, 0.3) is 0 Å². The average Bonchev–Trinajstić information content (AvgIpc) is 2.39.